The van der Waals surface area contributed by atoms with E-state index in [2.05, 4.69) is 46.8 Å². The molecule has 8 heteroatoms. The normalized spacial score (nSPS) is 27.8. The van der Waals surface area contributed by atoms with Crippen molar-refractivity contribution in [3.8, 4) is 0 Å². The topological polar surface area (TPSA) is 45.7 Å². The van der Waals surface area contributed by atoms with Crippen LogP contribution < -0.4 is 10.6 Å². The van der Waals surface area contributed by atoms with Crippen molar-refractivity contribution in [3.05, 3.63) is 35.4 Å². The predicted molar refractivity (Wildman–Crippen MR) is 124 cm³/mol. The number of aliphatic imine (C=N–C) groups is 1. The van der Waals surface area contributed by atoms with Crippen LogP contribution in [-0.4, -0.2) is 38.4 Å². The number of hydrogen-bond donors (Lipinski definition) is 2. The summed E-state index contributed by atoms with van der Waals surface area (Å²) in [5.74, 6) is -0.176. The largest absolute Gasteiger partial charge is 0.391 e. The number of alkyl halides is 3. The molecule has 0 aromatic heterocycles. The quantitative estimate of drug-likeness (QED) is 0.308. The number of benzene rings is 1. The van der Waals surface area contributed by atoms with Crippen molar-refractivity contribution in [3.63, 3.8) is 0 Å². The van der Waals surface area contributed by atoms with E-state index in [0.29, 0.717) is 24.7 Å². The molecule has 1 heterocycles. The first-order valence-electron chi connectivity index (χ1n) is 10.6. The maximum Gasteiger partial charge on any atom is 0.391 e. The molecule has 1 aliphatic heterocycles. The molecule has 30 heavy (non-hydrogen) atoms. The Morgan fingerprint density at radius 1 is 1.10 bits per heavy atom. The Labute approximate surface area is 194 Å². The summed E-state index contributed by atoms with van der Waals surface area (Å²) in [6.07, 6.45) is -0.517. The molecule has 2 N–H and O–H groups in total. The van der Waals surface area contributed by atoms with Crippen molar-refractivity contribution in [2.45, 2.75) is 63.8 Å². The van der Waals surface area contributed by atoms with Crippen LogP contribution in [-0.2, 0) is 4.74 Å². The van der Waals surface area contributed by atoms with E-state index in [1.54, 1.807) is 7.05 Å². The van der Waals surface area contributed by atoms with Crippen molar-refractivity contribution in [1.82, 2.24) is 10.6 Å². The van der Waals surface area contributed by atoms with E-state index in [4.69, 9.17) is 4.74 Å². The first-order valence-corrected chi connectivity index (χ1v) is 10.6. The summed E-state index contributed by atoms with van der Waals surface area (Å²) in [5.41, 5.74) is 2.42. The lowest BCUT2D eigenvalue weighted by atomic mass is 9.85. The van der Waals surface area contributed by atoms with Crippen LogP contribution in [0.15, 0.2) is 29.3 Å². The summed E-state index contributed by atoms with van der Waals surface area (Å²) < 4.78 is 44.6. The Morgan fingerprint density at radius 3 is 2.37 bits per heavy atom. The molecule has 2 aliphatic rings. The molecule has 1 saturated carbocycles. The highest BCUT2D eigenvalue weighted by Gasteiger charge is 2.41. The second kappa shape index (κ2) is 11.5. The number of guanidine groups is 1. The van der Waals surface area contributed by atoms with E-state index in [9.17, 15) is 13.2 Å². The van der Waals surface area contributed by atoms with E-state index in [0.717, 1.165) is 26.0 Å². The van der Waals surface area contributed by atoms with Crippen molar-refractivity contribution < 1.29 is 17.9 Å². The van der Waals surface area contributed by atoms with E-state index in [1.807, 2.05) is 0 Å². The number of halogens is 4. The van der Waals surface area contributed by atoms with Gasteiger partial charge in [-0.05, 0) is 51.0 Å². The second-order valence-electron chi connectivity index (χ2n) is 8.29. The minimum Gasteiger partial charge on any atom is -0.373 e. The molecule has 0 spiro atoms. The zero-order valence-electron chi connectivity index (χ0n) is 17.7. The number of nitrogens with one attached hydrogen (secondary N) is 2. The lowest BCUT2D eigenvalue weighted by Gasteiger charge is -2.34. The first kappa shape index (κ1) is 25.2. The van der Waals surface area contributed by atoms with Crippen LogP contribution >= 0.6 is 24.0 Å². The molecule has 1 saturated heterocycles. The first-order chi connectivity index (χ1) is 13.9. The van der Waals surface area contributed by atoms with Gasteiger partial charge in [0, 0.05) is 32.2 Å². The molecule has 2 atom stereocenters. The van der Waals surface area contributed by atoms with Gasteiger partial charge in [0.15, 0.2) is 5.96 Å². The van der Waals surface area contributed by atoms with Crippen LogP contribution in [0.4, 0.5) is 13.2 Å². The fourth-order valence-corrected chi connectivity index (χ4v) is 4.36. The fourth-order valence-electron chi connectivity index (χ4n) is 4.36. The summed E-state index contributed by atoms with van der Waals surface area (Å²) in [6, 6.07) is 8.51. The van der Waals surface area contributed by atoms with Crippen LogP contribution in [0.1, 0.15) is 55.8 Å². The third-order valence-electron chi connectivity index (χ3n) is 6.14. The minimum atomic E-state index is -4.07. The van der Waals surface area contributed by atoms with Crippen LogP contribution in [0.5, 0.6) is 0 Å². The Balaban J connectivity index is 0.00000320. The molecule has 0 bridgehead atoms. The molecule has 1 aromatic rings. The molecular weight excluding hydrogens is 506 g/mol. The van der Waals surface area contributed by atoms with Gasteiger partial charge in [-0.2, -0.15) is 13.2 Å². The zero-order chi connectivity index (χ0) is 20.9. The van der Waals surface area contributed by atoms with Gasteiger partial charge in [0.25, 0.3) is 0 Å². The van der Waals surface area contributed by atoms with E-state index in [-0.39, 0.29) is 49.0 Å². The maximum absolute atomic E-state index is 12.9. The lowest BCUT2D eigenvalue weighted by Crippen LogP contribution is -2.47. The molecule has 2 fully saturated rings. The number of rotatable bonds is 4. The minimum absolute atomic E-state index is 0. The predicted octanol–water partition coefficient (Wildman–Crippen LogP) is 5.37. The van der Waals surface area contributed by atoms with Gasteiger partial charge in [-0.25, -0.2) is 0 Å². The molecule has 3 rings (SSSR count). The van der Waals surface area contributed by atoms with E-state index < -0.39 is 12.1 Å². The van der Waals surface area contributed by atoms with Gasteiger partial charge < -0.3 is 15.4 Å². The fraction of sp³-hybridized carbons (Fsp3) is 0.682. The van der Waals surface area contributed by atoms with Gasteiger partial charge in [-0.3, -0.25) is 4.99 Å². The molecule has 0 amide bonds. The Morgan fingerprint density at radius 2 is 1.77 bits per heavy atom. The van der Waals surface area contributed by atoms with Crippen LogP contribution in [0, 0.1) is 18.8 Å². The Bertz CT molecular complexity index is 673. The number of ether oxygens (including phenoxy) is 1. The highest BCUT2D eigenvalue weighted by atomic mass is 127. The van der Waals surface area contributed by atoms with Gasteiger partial charge in [0.2, 0.25) is 0 Å². The number of aryl methyl sites for hydroxylation is 1. The Hall–Kier alpha value is -1.03. The van der Waals surface area contributed by atoms with Crippen molar-refractivity contribution >= 4 is 29.9 Å². The summed E-state index contributed by atoms with van der Waals surface area (Å²) in [6.45, 7) is 3.56. The molecule has 2 unspecified atom stereocenters. The van der Waals surface area contributed by atoms with E-state index >= 15 is 0 Å². The van der Waals surface area contributed by atoms with Crippen molar-refractivity contribution in [2.75, 3.05) is 20.2 Å². The average Bonchev–Trinajstić information content (AvgIpc) is 2.71. The smallest absolute Gasteiger partial charge is 0.373 e. The van der Waals surface area contributed by atoms with Crippen LogP contribution in [0.25, 0.3) is 0 Å². The third-order valence-corrected chi connectivity index (χ3v) is 6.14. The zero-order valence-corrected chi connectivity index (χ0v) is 20.0. The molecule has 170 valence electrons. The summed E-state index contributed by atoms with van der Waals surface area (Å²) in [5, 5.41) is 6.69. The third kappa shape index (κ3) is 7.00. The van der Waals surface area contributed by atoms with E-state index in [1.165, 1.54) is 11.1 Å². The molecule has 1 aliphatic carbocycles. The highest BCUT2D eigenvalue weighted by Crippen LogP contribution is 2.37. The van der Waals surface area contributed by atoms with Crippen molar-refractivity contribution in [1.29, 1.82) is 0 Å². The molecule has 1 aromatic carbocycles. The van der Waals surface area contributed by atoms with Crippen molar-refractivity contribution in [2.24, 2.45) is 16.8 Å². The summed E-state index contributed by atoms with van der Waals surface area (Å²) in [4.78, 5) is 4.28. The highest BCUT2D eigenvalue weighted by molar-refractivity contribution is 14.0. The standard InChI is InChI=1S/C22H32F3N3O.HI/c1-15-5-7-16(8-6-15)20-17(4-3-13-29-20)14-27-21(26-2)28-19-11-9-18(10-12-19)22(23,24)25;/h5-8,17-20H,3-4,9-14H2,1-2H3,(H2,26,27,28);1H. The summed E-state index contributed by atoms with van der Waals surface area (Å²) in [7, 11) is 1.70. The SMILES string of the molecule is CN=C(NCC1CCCOC1c1ccc(C)cc1)NC1CCC(C(F)(F)F)CC1.I. The average molecular weight is 539 g/mol. The van der Waals surface area contributed by atoms with Gasteiger partial charge in [-0.1, -0.05) is 29.8 Å². The molecule has 4 nitrogen and oxygen atoms in total. The van der Waals surface area contributed by atoms with Gasteiger partial charge >= 0.3 is 6.18 Å². The van der Waals surface area contributed by atoms with Gasteiger partial charge in [0.05, 0.1) is 12.0 Å². The van der Waals surface area contributed by atoms with Crippen LogP contribution in [0.2, 0.25) is 0 Å². The monoisotopic (exact) mass is 539 g/mol. The maximum atomic E-state index is 12.9. The summed E-state index contributed by atoms with van der Waals surface area (Å²) >= 11 is 0. The van der Waals surface area contributed by atoms with Gasteiger partial charge in [-0.15, -0.1) is 24.0 Å². The lowest BCUT2D eigenvalue weighted by molar-refractivity contribution is -0.182. The molecular formula is C22H33F3IN3O. The van der Waals surface area contributed by atoms with Gasteiger partial charge in [0.1, 0.15) is 0 Å². The number of nitrogens with zero attached hydrogens (tertiary/aromatic N) is 1. The molecule has 0 radical (unpaired) electrons. The number of hydrogen-bond acceptors (Lipinski definition) is 2. The van der Waals surface area contributed by atoms with Crippen LogP contribution in [0.3, 0.4) is 0 Å². The second-order valence-corrected chi connectivity index (χ2v) is 8.29. The Kier molecular flexibility index (Phi) is 9.71.